The molecule has 576 valence electrons. The van der Waals surface area contributed by atoms with Crippen molar-refractivity contribution < 1.29 is 67.7 Å². The minimum absolute atomic E-state index is 0.0162. The lowest BCUT2D eigenvalue weighted by atomic mass is 9.90. The van der Waals surface area contributed by atoms with Gasteiger partial charge in [0.25, 0.3) is 0 Å². The second-order valence-electron chi connectivity index (χ2n) is 30.4. The number of aliphatic hydroxyl groups excluding tert-OH is 2. The maximum Gasteiger partial charge on any atom is 0.246 e. The number of nitrogens with one attached hydrogen (secondary N) is 5. The van der Waals surface area contributed by atoms with Crippen LogP contribution in [0, 0.1) is 41.4 Å². The first-order valence-electron chi connectivity index (χ1n) is 36.7. The molecule has 0 aromatic rings. The van der Waals surface area contributed by atoms with Crippen LogP contribution < -0.4 is 26.6 Å². The van der Waals surface area contributed by atoms with E-state index >= 15 is 28.8 Å². The summed E-state index contributed by atoms with van der Waals surface area (Å²) >= 11 is 1.35. The van der Waals surface area contributed by atoms with E-state index in [1.165, 1.54) is 111 Å². The molecule has 0 spiro atoms. The summed E-state index contributed by atoms with van der Waals surface area (Å²) in [5, 5.41) is 36.2. The smallest absolute Gasteiger partial charge is 0.246 e. The van der Waals surface area contributed by atoms with Crippen LogP contribution in [0.25, 0.3) is 0 Å². The number of thioether (sulfide) groups is 1. The van der Waals surface area contributed by atoms with E-state index in [-0.39, 0.29) is 74.0 Å². The average molecular weight is 1440 g/mol. The molecular weight excluding hydrogens is 1300 g/mol. The van der Waals surface area contributed by atoms with Gasteiger partial charge in [-0.15, -0.1) is 0 Å². The monoisotopic (exact) mass is 1430 g/mol. The van der Waals surface area contributed by atoms with Crippen molar-refractivity contribution in [2.45, 2.75) is 280 Å². The Kier molecular flexibility index (Phi) is 41.5. The van der Waals surface area contributed by atoms with Gasteiger partial charge in [0.05, 0.1) is 6.10 Å². The zero-order valence-electron chi connectivity index (χ0n) is 65.5. The van der Waals surface area contributed by atoms with Crippen LogP contribution in [-0.2, 0) is 57.5 Å². The van der Waals surface area contributed by atoms with Gasteiger partial charge in [-0.2, -0.15) is 11.8 Å². The van der Waals surface area contributed by atoms with Crippen LogP contribution in [0.4, 0.5) is 0 Å². The fourth-order valence-corrected chi connectivity index (χ4v) is 13.9. The molecule has 7 N–H and O–H groups in total. The SMILES string of the molecule is CC[C@@H]1NC(=O)[C@H]([C@H](O)[C@H](C)CCCCCCCCNC(C)=O)N(C)C(=O)[C@H](C(C)C)N(C)C(=O)[C@H](CC(C)C)N(C)C(=O)[C@H](CC(C)C)N(C)C(=O)[C@@H](C)NC(=O)[C@H](C)NC(=O)[C@H](CC(C)C)N(C)C(=O)[C@H](C(C)C)NC(=O)[C@H](CC(C)C)N(C)C(=O)[C@@H](CSCCCCO)N(C)C1=O. The van der Waals surface area contributed by atoms with Gasteiger partial charge < -0.3 is 71.1 Å². The third-order valence-electron chi connectivity index (χ3n) is 19.1. The Bertz CT molecular complexity index is 2650. The van der Waals surface area contributed by atoms with Crippen molar-refractivity contribution in [3.63, 3.8) is 0 Å². The maximum atomic E-state index is 15.5. The van der Waals surface area contributed by atoms with Crippen LogP contribution in [-0.4, -0.2) is 262 Å². The van der Waals surface area contributed by atoms with Crippen molar-refractivity contribution in [3.8, 4) is 0 Å². The minimum Gasteiger partial charge on any atom is -0.396 e. The van der Waals surface area contributed by atoms with E-state index in [1.54, 1.807) is 41.5 Å². The van der Waals surface area contributed by atoms with Crippen LogP contribution in [0.1, 0.15) is 208 Å². The summed E-state index contributed by atoms with van der Waals surface area (Å²) in [5.41, 5.74) is 0. The normalized spacial score (nSPS) is 25.3. The molecule has 1 aliphatic heterocycles. The number of hydrogen-bond donors (Lipinski definition) is 7. The van der Waals surface area contributed by atoms with Crippen molar-refractivity contribution in [2.24, 2.45) is 41.4 Å². The molecular formula is C73H134N12O14S. The van der Waals surface area contributed by atoms with Crippen molar-refractivity contribution in [1.82, 2.24) is 60.9 Å². The number of amides is 12. The molecule has 0 unspecified atom stereocenters. The third kappa shape index (κ3) is 28.6. The van der Waals surface area contributed by atoms with Gasteiger partial charge >= 0.3 is 0 Å². The van der Waals surface area contributed by atoms with Gasteiger partial charge in [-0.05, 0) is 119 Å². The Morgan fingerprint density at radius 1 is 0.450 bits per heavy atom. The predicted octanol–water partition coefficient (Wildman–Crippen LogP) is 5.04. The van der Waals surface area contributed by atoms with Gasteiger partial charge in [0.1, 0.15) is 66.5 Å². The molecule has 27 heteroatoms. The number of unbranched alkanes of at least 4 members (excludes halogenated alkanes) is 6. The van der Waals surface area contributed by atoms with Crippen molar-refractivity contribution in [1.29, 1.82) is 0 Å². The Hall–Kier alpha value is -6.09. The Labute approximate surface area is 604 Å². The van der Waals surface area contributed by atoms with Gasteiger partial charge in [0.2, 0.25) is 70.9 Å². The molecule has 1 heterocycles. The van der Waals surface area contributed by atoms with Crippen LogP contribution in [0.3, 0.4) is 0 Å². The summed E-state index contributed by atoms with van der Waals surface area (Å²) < 4.78 is 0. The molecule has 0 saturated carbocycles. The molecule has 26 nitrogen and oxygen atoms in total. The van der Waals surface area contributed by atoms with Gasteiger partial charge in [0, 0.05) is 75.2 Å². The lowest BCUT2D eigenvalue weighted by Crippen LogP contribution is -2.64. The second kappa shape index (κ2) is 45.1. The molecule has 0 bridgehead atoms. The third-order valence-corrected chi connectivity index (χ3v) is 20.2. The zero-order chi connectivity index (χ0) is 76.9. The van der Waals surface area contributed by atoms with Crippen LogP contribution in [0.15, 0.2) is 0 Å². The molecule has 1 saturated heterocycles. The first kappa shape index (κ1) is 91.9. The molecule has 0 aromatic heterocycles. The minimum atomic E-state index is -1.65. The van der Waals surface area contributed by atoms with E-state index in [1.807, 2.05) is 55.4 Å². The summed E-state index contributed by atoms with van der Waals surface area (Å²) in [4.78, 5) is 185. The highest BCUT2D eigenvalue weighted by Gasteiger charge is 2.46. The molecule has 1 rings (SSSR count). The number of aliphatic hydroxyl groups is 2. The molecule has 1 aliphatic rings. The Balaban J connectivity index is 4.50. The van der Waals surface area contributed by atoms with Crippen molar-refractivity contribution >= 4 is 82.6 Å². The van der Waals surface area contributed by atoms with E-state index in [0.717, 1.165) is 37.0 Å². The lowest BCUT2D eigenvalue weighted by molar-refractivity contribution is -0.157. The van der Waals surface area contributed by atoms with Gasteiger partial charge in [0.15, 0.2) is 0 Å². The van der Waals surface area contributed by atoms with E-state index in [4.69, 9.17) is 0 Å². The molecule has 0 aromatic carbocycles. The van der Waals surface area contributed by atoms with E-state index < -0.39 is 155 Å². The number of hydrogen-bond acceptors (Lipinski definition) is 15. The zero-order valence-corrected chi connectivity index (χ0v) is 66.3. The molecule has 13 atom stereocenters. The summed E-state index contributed by atoms with van der Waals surface area (Å²) in [6.45, 7) is 30.2. The fourth-order valence-electron chi connectivity index (χ4n) is 12.7. The lowest BCUT2D eigenvalue weighted by Gasteiger charge is -2.41. The van der Waals surface area contributed by atoms with Crippen molar-refractivity contribution in [3.05, 3.63) is 0 Å². The summed E-state index contributed by atoms with van der Waals surface area (Å²) in [6, 6.07) is -14.0. The van der Waals surface area contributed by atoms with E-state index in [0.29, 0.717) is 38.0 Å². The number of nitrogens with zero attached hydrogens (tertiary/aromatic N) is 7. The Morgan fingerprint density at radius 2 is 0.870 bits per heavy atom. The summed E-state index contributed by atoms with van der Waals surface area (Å²) in [7, 11) is 10.1. The molecule has 0 radical (unpaired) electrons. The Morgan fingerprint density at radius 3 is 1.35 bits per heavy atom. The van der Waals surface area contributed by atoms with Crippen LogP contribution in [0.2, 0.25) is 0 Å². The molecule has 12 amide bonds. The largest absolute Gasteiger partial charge is 0.396 e. The standard InChI is InChI=1S/C73H134N12O14S/c1-25-53-68(94)83(22)58(42-100-37-33-32-36-86)71(97)79(18)55(39-44(4)5)65(91)78-59(47(10)11)72(98)80(19)54(38-43(2)3)64(90)75-50(15)63(89)76-51(16)67(93)81(20)56(40-45(6)7)69(95)82(21)57(41-46(8)9)70(96)84(23)60(48(12)13)73(99)85(24)61(66(92)77-53)62(88)49(14)34-30-28-26-27-29-31-35-74-52(17)87/h43-51,53-62,86,88H,25-42H2,1-24H3,(H,74,87)(H,75,90)(H,76,89)(H,77,92)(H,78,91)/t49-,50+,51-,53+,54+,55+,56+,57+,58-,59+,60+,61+,62-/m1/s1. The summed E-state index contributed by atoms with van der Waals surface area (Å²) in [5.74, 6) is -9.55. The highest BCUT2D eigenvalue weighted by Crippen LogP contribution is 2.27. The maximum absolute atomic E-state index is 15.5. The number of likely N-dealkylation sites (N-methyl/N-ethyl adjacent to an activating group) is 7. The first-order valence-corrected chi connectivity index (χ1v) is 37.9. The van der Waals surface area contributed by atoms with Crippen molar-refractivity contribution in [2.75, 3.05) is 74.0 Å². The molecule has 0 aliphatic carbocycles. The fraction of sp³-hybridized carbons (Fsp3) is 0.836. The number of carbonyl (C=O) groups excluding carboxylic acids is 12. The summed E-state index contributed by atoms with van der Waals surface area (Å²) in [6.07, 6.45) is 5.49. The molecule has 1 fully saturated rings. The highest BCUT2D eigenvalue weighted by atomic mass is 32.2. The quantitative estimate of drug-likeness (QED) is 0.0505. The van der Waals surface area contributed by atoms with E-state index in [9.17, 15) is 39.0 Å². The molecule has 100 heavy (non-hydrogen) atoms. The second-order valence-corrected chi connectivity index (χ2v) is 31.6. The first-order chi connectivity index (χ1) is 46.5. The average Bonchev–Trinajstić information content (AvgIpc) is 0.808. The highest BCUT2D eigenvalue weighted by molar-refractivity contribution is 7.99. The van der Waals surface area contributed by atoms with Gasteiger partial charge in [-0.3, -0.25) is 57.5 Å². The van der Waals surface area contributed by atoms with Gasteiger partial charge in [-0.25, -0.2) is 0 Å². The topological polar surface area (TPSA) is 328 Å². The number of rotatable bonds is 28. The predicted molar refractivity (Wildman–Crippen MR) is 393 cm³/mol. The number of carbonyl (C=O) groups is 12. The van der Waals surface area contributed by atoms with Crippen LogP contribution in [0.5, 0.6) is 0 Å². The van der Waals surface area contributed by atoms with E-state index in [2.05, 4.69) is 26.6 Å². The van der Waals surface area contributed by atoms with Gasteiger partial charge in [-0.1, -0.05) is 129 Å². The van der Waals surface area contributed by atoms with Crippen LogP contribution >= 0.6 is 11.8 Å².